The molecule has 4 aromatic rings. The fourth-order valence-corrected chi connectivity index (χ4v) is 5.81. The third-order valence-electron chi connectivity index (χ3n) is 7.70. The molecule has 11 heteroatoms. The van der Waals surface area contributed by atoms with Gasteiger partial charge in [0.05, 0.1) is 18.6 Å². The smallest absolute Gasteiger partial charge is 0.251 e. The van der Waals surface area contributed by atoms with Crippen LogP contribution >= 0.6 is 11.3 Å². The molecule has 0 saturated heterocycles. The first-order chi connectivity index (χ1) is 24.6. The number of rotatable bonds is 15. The Morgan fingerprint density at radius 3 is 2.02 bits per heavy atom. The number of carbonyl (C=O) groups excluding carboxylic acids is 4. The molecule has 3 aromatic carbocycles. The van der Waals surface area contributed by atoms with Crippen molar-refractivity contribution in [3.63, 3.8) is 0 Å². The van der Waals surface area contributed by atoms with Gasteiger partial charge in [-0.15, -0.1) is 11.3 Å². The van der Waals surface area contributed by atoms with Crippen molar-refractivity contribution in [3.8, 4) is 17.2 Å². The fourth-order valence-electron chi connectivity index (χ4n) is 5.11. The van der Waals surface area contributed by atoms with Gasteiger partial charge in [0.15, 0.2) is 0 Å². The molecule has 0 radical (unpaired) electrons. The van der Waals surface area contributed by atoms with Crippen LogP contribution < -0.4 is 26.6 Å². The number of likely N-dealkylation sites (N-methyl/N-ethyl adjacent to an activating group) is 1. The minimum absolute atomic E-state index is 0.128. The van der Waals surface area contributed by atoms with Crippen LogP contribution in [0.3, 0.4) is 0 Å². The number of hydrogen-bond acceptors (Lipinski definition) is 7. The maximum Gasteiger partial charge on any atom is 0.251 e. The van der Waals surface area contributed by atoms with Gasteiger partial charge in [0.25, 0.3) is 11.8 Å². The zero-order chi connectivity index (χ0) is 37.2. The lowest BCUT2D eigenvalue weighted by atomic mass is 9.98. The van der Waals surface area contributed by atoms with E-state index in [0.29, 0.717) is 29.0 Å². The van der Waals surface area contributed by atoms with Crippen LogP contribution in [-0.4, -0.2) is 55.3 Å². The average Bonchev–Trinajstić information content (AvgIpc) is 3.63. The minimum atomic E-state index is -0.636. The SMILES string of the molecule is CCC.CCNC(=O)CNC(=O)C(C)NC[C@H](Cc1ccccc1)NC(=O)c1cc(C(=O)N[C@H](C)c2ccccc2)cc(-c2ccsc2C#N)c1. The monoisotopic (exact) mass is 708 g/mol. The number of nitrogens with zero attached hydrogens (tertiary/aromatic N) is 1. The second-order valence-electron chi connectivity index (χ2n) is 12.0. The van der Waals surface area contributed by atoms with Crippen molar-refractivity contribution in [2.24, 2.45) is 0 Å². The van der Waals surface area contributed by atoms with E-state index >= 15 is 0 Å². The summed E-state index contributed by atoms with van der Waals surface area (Å²) in [6, 6.07) is 26.8. The Bertz CT molecular complexity index is 1770. The number of nitrogens with one attached hydrogen (secondary N) is 5. The summed E-state index contributed by atoms with van der Waals surface area (Å²) in [4.78, 5) is 52.3. The second-order valence-corrected chi connectivity index (χ2v) is 13.0. The predicted octanol–water partition coefficient (Wildman–Crippen LogP) is 5.77. The Balaban J connectivity index is 0.00000226. The summed E-state index contributed by atoms with van der Waals surface area (Å²) in [5.74, 6) is -1.39. The highest BCUT2D eigenvalue weighted by molar-refractivity contribution is 7.11. The molecule has 1 unspecified atom stereocenters. The van der Waals surface area contributed by atoms with E-state index in [1.54, 1.807) is 43.5 Å². The topological polar surface area (TPSA) is 152 Å². The van der Waals surface area contributed by atoms with Gasteiger partial charge in [0, 0.05) is 35.8 Å². The molecule has 0 saturated carbocycles. The standard InChI is InChI=1S/C37H40N6O4S.C3H8/c1-4-39-34(44)23-41-35(45)25(3)40-22-31(17-26-11-7-5-8-12-26)43-37(47)30-19-28(32-15-16-48-33(32)21-38)18-29(20-30)36(46)42-24(2)27-13-9-6-10-14-27;1-3-2/h5-16,18-20,24-25,31,40H,4,17,22-23H2,1-3H3,(H,39,44)(H,41,45)(H,42,46)(H,43,47);3H2,1-2H3/t24-,25?,31+;/m1./s1. The molecule has 1 heterocycles. The van der Waals surface area contributed by atoms with Crippen molar-refractivity contribution in [2.75, 3.05) is 19.6 Å². The van der Waals surface area contributed by atoms with E-state index in [2.05, 4.69) is 46.5 Å². The van der Waals surface area contributed by atoms with E-state index in [1.165, 1.54) is 17.8 Å². The molecule has 1 aromatic heterocycles. The Labute approximate surface area is 305 Å². The van der Waals surface area contributed by atoms with E-state index < -0.39 is 18.0 Å². The lowest BCUT2D eigenvalue weighted by molar-refractivity contribution is -0.127. The maximum absolute atomic E-state index is 13.9. The molecule has 268 valence electrons. The van der Waals surface area contributed by atoms with Crippen LogP contribution in [0.2, 0.25) is 0 Å². The number of hydrogen-bond donors (Lipinski definition) is 5. The summed E-state index contributed by atoms with van der Waals surface area (Å²) in [6.07, 6.45) is 1.72. The van der Waals surface area contributed by atoms with Crippen LogP contribution in [-0.2, 0) is 16.0 Å². The van der Waals surface area contributed by atoms with Crippen LogP contribution in [0.25, 0.3) is 11.1 Å². The van der Waals surface area contributed by atoms with Crippen molar-refractivity contribution >= 4 is 35.0 Å². The Morgan fingerprint density at radius 1 is 0.804 bits per heavy atom. The Hall–Kier alpha value is -5.31. The molecule has 5 N–H and O–H groups in total. The van der Waals surface area contributed by atoms with Gasteiger partial charge >= 0.3 is 0 Å². The number of carbonyl (C=O) groups is 4. The van der Waals surface area contributed by atoms with Gasteiger partial charge in [-0.3, -0.25) is 19.2 Å². The molecule has 4 rings (SSSR count). The van der Waals surface area contributed by atoms with Crippen molar-refractivity contribution < 1.29 is 19.2 Å². The van der Waals surface area contributed by atoms with Gasteiger partial charge in [0.2, 0.25) is 11.8 Å². The third kappa shape index (κ3) is 12.8. The Kier molecular flexibility index (Phi) is 16.5. The normalized spacial score (nSPS) is 12.2. The number of benzene rings is 3. The van der Waals surface area contributed by atoms with Gasteiger partial charge in [-0.05, 0) is 73.5 Å². The van der Waals surface area contributed by atoms with Gasteiger partial charge < -0.3 is 26.6 Å². The molecule has 10 nitrogen and oxygen atoms in total. The lowest BCUT2D eigenvalue weighted by Gasteiger charge is -2.22. The lowest BCUT2D eigenvalue weighted by Crippen LogP contribution is -2.50. The van der Waals surface area contributed by atoms with Crippen molar-refractivity contribution in [3.05, 3.63) is 117 Å². The molecule has 4 amide bonds. The number of thiophene rings is 1. The highest BCUT2D eigenvalue weighted by Gasteiger charge is 2.22. The fraction of sp³-hybridized carbons (Fsp3) is 0.325. The van der Waals surface area contributed by atoms with E-state index in [-0.39, 0.29) is 48.0 Å². The zero-order valence-electron chi connectivity index (χ0n) is 29.9. The minimum Gasteiger partial charge on any atom is -0.355 e. The van der Waals surface area contributed by atoms with Crippen LogP contribution in [0, 0.1) is 11.3 Å². The third-order valence-corrected chi connectivity index (χ3v) is 8.52. The summed E-state index contributed by atoms with van der Waals surface area (Å²) in [7, 11) is 0. The van der Waals surface area contributed by atoms with Gasteiger partial charge in [-0.1, -0.05) is 80.9 Å². The van der Waals surface area contributed by atoms with E-state index in [0.717, 1.165) is 11.1 Å². The molecule has 0 aliphatic carbocycles. The zero-order valence-corrected chi connectivity index (χ0v) is 30.7. The molecule has 0 bridgehead atoms. The quantitative estimate of drug-likeness (QED) is 0.106. The van der Waals surface area contributed by atoms with Crippen LogP contribution in [0.4, 0.5) is 0 Å². The van der Waals surface area contributed by atoms with Gasteiger partial charge in [0.1, 0.15) is 10.9 Å². The van der Waals surface area contributed by atoms with E-state index in [9.17, 15) is 24.4 Å². The first-order valence-electron chi connectivity index (χ1n) is 17.2. The van der Waals surface area contributed by atoms with Crippen LogP contribution in [0.1, 0.15) is 83.8 Å². The molecular formula is C40H48N6O4S. The van der Waals surface area contributed by atoms with Crippen LogP contribution in [0.5, 0.6) is 0 Å². The molecular weight excluding hydrogens is 661 g/mol. The number of amides is 4. The van der Waals surface area contributed by atoms with Crippen molar-refractivity contribution in [2.45, 2.75) is 65.6 Å². The summed E-state index contributed by atoms with van der Waals surface area (Å²) in [6.45, 7) is 10.2. The maximum atomic E-state index is 13.9. The highest BCUT2D eigenvalue weighted by atomic mass is 32.1. The largest absolute Gasteiger partial charge is 0.355 e. The summed E-state index contributed by atoms with van der Waals surface area (Å²) in [5.41, 5.74) is 3.67. The van der Waals surface area contributed by atoms with E-state index in [4.69, 9.17) is 0 Å². The molecule has 3 atom stereocenters. The van der Waals surface area contributed by atoms with E-state index in [1.807, 2.05) is 67.6 Å². The Morgan fingerprint density at radius 2 is 1.41 bits per heavy atom. The highest BCUT2D eigenvalue weighted by Crippen LogP contribution is 2.30. The number of nitriles is 1. The van der Waals surface area contributed by atoms with Crippen molar-refractivity contribution in [1.29, 1.82) is 5.26 Å². The average molecular weight is 709 g/mol. The summed E-state index contributed by atoms with van der Waals surface area (Å²) in [5, 5.41) is 26.0. The first-order valence-corrected chi connectivity index (χ1v) is 18.1. The molecule has 0 aliphatic rings. The second kappa shape index (κ2) is 21.0. The van der Waals surface area contributed by atoms with Gasteiger partial charge in [-0.25, -0.2) is 0 Å². The predicted molar refractivity (Wildman–Crippen MR) is 203 cm³/mol. The molecule has 0 spiro atoms. The van der Waals surface area contributed by atoms with Crippen LogP contribution in [0.15, 0.2) is 90.3 Å². The summed E-state index contributed by atoms with van der Waals surface area (Å²) < 4.78 is 0. The van der Waals surface area contributed by atoms with Crippen molar-refractivity contribution in [1.82, 2.24) is 26.6 Å². The van der Waals surface area contributed by atoms with Gasteiger partial charge in [-0.2, -0.15) is 5.26 Å². The molecule has 0 fully saturated rings. The molecule has 0 aliphatic heterocycles. The first kappa shape index (κ1) is 40.1. The summed E-state index contributed by atoms with van der Waals surface area (Å²) >= 11 is 1.29. The molecule has 51 heavy (non-hydrogen) atoms.